The summed E-state index contributed by atoms with van der Waals surface area (Å²) in [7, 11) is 0. The molecule has 1 heterocycles. The molecule has 1 aromatic rings. The molecule has 0 saturated carbocycles. The van der Waals surface area contributed by atoms with Crippen LogP contribution in [0.4, 0.5) is 17.6 Å². The number of hydrogen-bond donors (Lipinski definition) is 2. The van der Waals surface area contributed by atoms with E-state index < -0.39 is 23.5 Å². The van der Waals surface area contributed by atoms with Gasteiger partial charge in [-0.15, -0.1) is 0 Å². The number of alkyl halides is 3. The van der Waals surface area contributed by atoms with Gasteiger partial charge < -0.3 is 10.6 Å². The Morgan fingerprint density at radius 1 is 1.38 bits per heavy atom. The van der Waals surface area contributed by atoms with Crippen molar-refractivity contribution in [2.75, 3.05) is 19.6 Å². The Balaban J connectivity index is 1.95. The SMILES string of the molecule is O=C(NCCC1CCNC1)c1ccc(F)c(C(F)(F)F)c1. The molecule has 2 rings (SSSR count). The Morgan fingerprint density at radius 2 is 2.14 bits per heavy atom. The third-order valence-corrected chi connectivity index (χ3v) is 3.53. The Bertz CT molecular complexity index is 510. The third kappa shape index (κ3) is 4.17. The maximum absolute atomic E-state index is 13.1. The zero-order valence-electron chi connectivity index (χ0n) is 11.3. The smallest absolute Gasteiger partial charge is 0.352 e. The summed E-state index contributed by atoms with van der Waals surface area (Å²) in [5, 5.41) is 5.76. The van der Waals surface area contributed by atoms with Crippen molar-refractivity contribution < 1.29 is 22.4 Å². The van der Waals surface area contributed by atoms with E-state index in [9.17, 15) is 22.4 Å². The summed E-state index contributed by atoms with van der Waals surface area (Å²) in [6.45, 7) is 2.24. The highest BCUT2D eigenvalue weighted by atomic mass is 19.4. The summed E-state index contributed by atoms with van der Waals surface area (Å²) in [5.74, 6) is -1.52. The number of halogens is 4. The van der Waals surface area contributed by atoms with Crippen LogP contribution < -0.4 is 10.6 Å². The molecule has 0 radical (unpaired) electrons. The van der Waals surface area contributed by atoms with Gasteiger partial charge in [-0.25, -0.2) is 4.39 Å². The second-order valence-corrected chi connectivity index (χ2v) is 5.10. The van der Waals surface area contributed by atoms with Crippen molar-refractivity contribution in [1.29, 1.82) is 0 Å². The van der Waals surface area contributed by atoms with Crippen LogP contribution in [0.5, 0.6) is 0 Å². The molecule has 1 unspecified atom stereocenters. The van der Waals surface area contributed by atoms with E-state index in [0.717, 1.165) is 32.0 Å². The molecule has 1 fully saturated rings. The molecule has 1 saturated heterocycles. The average Bonchev–Trinajstić information content (AvgIpc) is 2.91. The van der Waals surface area contributed by atoms with Gasteiger partial charge in [0.1, 0.15) is 5.82 Å². The van der Waals surface area contributed by atoms with Crippen LogP contribution in [0.15, 0.2) is 18.2 Å². The number of benzene rings is 1. The molecule has 21 heavy (non-hydrogen) atoms. The first-order valence-corrected chi connectivity index (χ1v) is 6.73. The highest BCUT2D eigenvalue weighted by Crippen LogP contribution is 2.31. The van der Waals surface area contributed by atoms with Gasteiger partial charge in [-0.3, -0.25) is 4.79 Å². The van der Waals surface area contributed by atoms with Gasteiger partial charge in [0, 0.05) is 12.1 Å². The second kappa shape index (κ2) is 6.43. The molecular formula is C14H16F4N2O. The molecule has 0 bridgehead atoms. The van der Waals surface area contributed by atoms with Crippen LogP contribution >= 0.6 is 0 Å². The van der Waals surface area contributed by atoms with E-state index in [1.165, 1.54) is 0 Å². The van der Waals surface area contributed by atoms with Crippen LogP contribution in [0.25, 0.3) is 0 Å². The van der Waals surface area contributed by atoms with E-state index in [4.69, 9.17) is 0 Å². The van der Waals surface area contributed by atoms with E-state index in [-0.39, 0.29) is 5.56 Å². The minimum Gasteiger partial charge on any atom is -0.352 e. The van der Waals surface area contributed by atoms with Crippen LogP contribution in [0.2, 0.25) is 0 Å². The monoisotopic (exact) mass is 304 g/mol. The fraction of sp³-hybridized carbons (Fsp3) is 0.500. The number of nitrogens with one attached hydrogen (secondary N) is 2. The van der Waals surface area contributed by atoms with Crippen molar-refractivity contribution in [3.05, 3.63) is 35.1 Å². The van der Waals surface area contributed by atoms with Gasteiger partial charge in [-0.05, 0) is 50.0 Å². The maximum atomic E-state index is 13.1. The summed E-state index contributed by atoms with van der Waals surface area (Å²) < 4.78 is 50.8. The Hall–Kier alpha value is -1.63. The maximum Gasteiger partial charge on any atom is 0.419 e. The second-order valence-electron chi connectivity index (χ2n) is 5.10. The normalized spacial score (nSPS) is 18.8. The van der Waals surface area contributed by atoms with Crippen molar-refractivity contribution in [2.24, 2.45) is 5.92 Å². The quantitative estimate of drug-likeness (QED) is 0.840. The predicted octanol–water partition coefficient (Wildman–Crippen LogP) is 2.57. The van der Waals surface area contributed by atoms with Gasteiger partial charge in [0.15, 0.2) is 0 Å². The summed E-state index contributed by atoms with van der Waals surface area (Å²) in [6.07, 6.45) is -3.01. The molecule has 7 heteroatoms. The lowest BCUT2D eigenvalue weighted by atomic mass is 10.0. The van der Waals surface area contributed by atoms with Crippen molar-refractivity contribution in [3.63, 3.8) is 0 Å². The third-order valence-electron chi connectivity index (χ3n) is 3.53. The van der Waals surface area contributed by atoms with Crippen molar-refractivity contribution in [1.82, 2.24) is 10.6 Å². The predicted molar refractivity (Wildman–Crippen MR) is 69.3 cm³/mol. The number of amides is 1. The largest absolute Gasteiger partial charge is 0.419 e. The standard InChI is InChI=1S/C14H16F4N2O/c15-12-2-1-10(7-11(12)14(16,17)18)13(21)20-6-4-9-3-5-19-8-9/h1-2,7,9,19H,3-6,8H2,(H,20,21). The topological polar surface area (TPSA) is 41.1 Å². The number of carbonyl (C=O) groups excluding carboxylic acids is 1. The highest BCUT2D eigenvalue weighted by molar-refractivity contribution is 5.94. The van der Waals surface area contributed by atoms with Crippen LogP contribution in [0, 0.1) is 11.7 Å². The van der Waals surface area contributed by atoms with Crippen LogP contribution in [-0.4, -0.2) is 25.5 Å². The molecule has 1 amide bonds. The fourth-order valence-electron chi connectivity index (χ4n) is 2.34. The van der Waals surface area contributed by atoms with Gasteiger partial charge >= 0.3 is 6.18 Å². The van der Waals surface area contributed by atoms with Gasteiger partial charge in [0.25, 0.3) is 5.91 Å². The minimum atomic E-state index is -4.81. The number of hydrogen-bond acceptors (Lipinski definition) is 2. The van der Waals surface area contributed by atoms with E-state index in [0.29, 0.717) is 24.6 Å². The molecule has 0 aromatic heterocycles. The number of rotatable bonds is 4. The van der Waals surface area contributed by atoms with Gasteiger partial charge in [-0.1, -0.05) is 0 Å². The lowest BCUT2D eigenvalue weighted by Crippen LogP contribution is -2.27. The molecular weight excluding hydrogens is 288 g/mol. The van der Waals surface area contributed by atoms with E-state index in [1.807, 2.05) is 0 Å². The van der Waals surface area contributed by atoms with Gasteiger partial charge in [0.05, 0.1) is 5.56 Å². The zero-order chi connectivity index (χ0) is 15.5. The highest BCUT2D eigenvalue weighted by Gasteiger charge is 2.34. The average molecular weight is 304 g/mol. The lowest BCUT2D eigenvalue weighted by Gasteiger charge is -2.11. The van der Waals surface area contributed by atoms with Gasteiger partial charge in [0.2, 0.25) is 0 Å². The Labute approximate surface area is 119 Å². The van der Waals surface area contributed by atoms with E-state index in [1.54, 1.807) is 0 Å². The molecule has 0 aliphatic carbocycles. The lowest BCUT2D eigenvalue weighted by molar-refractivity contribution is -0.140. The zero-order valence-corrected chi connectivity index (χ0v) is 11.3. The molecule has 1 aliphatic heterocycles. The van der Waals surface area contributed by atoms with Crippen LogP contribution in [0.3, 0.4) is 0 Å². The van der Waals surface area contributed by atoms with Gasteiger partial charge in [-0.2, -0.15) is 13.2 Å². The van der Waals surface area contributed by atoms with E-state index >= 15 is 0 Å². The molecule has 1 atom stereocenters. The summed E-state index contributed by atoms with van der Waals surface area (Å²) in [6, 6.07) is 2.26. The summed E-state index contributed by atoms with van der Waals surface area (Å²) >= 11 is 0. The Morgan fingerprint density at radius 3 is 2.76 bits per heavy atom. The fourth-order valence-corrected chi connectivity index (χ4v) is 2.34. The first-order valence-electron chi connectivity index (χ1n) is 6.73. The van der Waals surface area contributed by atoms with E-state index in [2.05, 4.69) is 10.6 Å². The molecule has 3 nitrogen and oxygen atoms in total. The van der Waals surface area contributed by atoms with Crippen molar-refractivity contribution in [2.45, 2.75) is 19.0 Å². The number of carbonyl (C=O) groups is 1. The first kappa shape index (κ1) is 15.8. The minimum absolute atomic E-state index is 0.187. The van der Waals surface area contributed by atoms with Crippen LogP contribution in [0.1, 0.15) is 28.8 Å². The molecule has 1 aliphatic rings. The first-order chi connectivity index (χ1) is 9.88. The molecule has 1 aromatic carbocycles. The molecule has 2 N–H and O–H groups in total. The van der Waals surface area contributed by atoms with Crippen LogP contribution in [-0.2, 0) is 6.18 Å². The molecule has 116 valence electrons. The summed E-state index contributed by atoms with van der Waals surface area (Å²) in [5.41, 5.74) is -1.61. The van der Waals surface area contributed by atoms with Crippen molar-refractivity contribution >= 4 is 5.91 Å². The van der Waals surface area contributed by atoms with Crippen molar-refractivity contribution in [3.8, 4) is 0 Å². The Kier molecular flexibility index (Phi) is 4.82. The molecule has 0 spiro atoms. The summed E-state index contributed by atoms with van der Waals surface area (Å²) in [4.78, 5) is 11.8.